The van der Waals surface area contributed by atoms with Crippen LogP contribution in [0.3, 0.4) is 0 Å². The highest BCUT2D eigenvalue weighted by molar-refractivity contribution is 6.30. The molecule has 0 spiro atoms. The molecule has 0 heterocycles. The van der Waals surface area contributed by atoms with E-state index in [1.165, 1.54) is 16.7 Å². The second-order valence-corrected chi connectivity index (χ2v) is 6.28. The van der Waals surface area contributed by atoms with Crippen molar-refractivity contribution in [3.63, 3.8) is 0 Å². The predicted molar refractivity (Wildman–Crippen MR) is 86.1 cm³/mol. The van der Waals surface area contributed by atoms with E-state index in [-0.39, 0.29) is 5.41 Å². The molecule has 0 unspecified atom stereocenters. The summed E-state index contributed by atoms with van der Waals surface area (Å²) in [5.41, 5.74) is 4.28. The summed E-state index contributed by atoms with van der Waals surface area (Å²) >= 11 is 5.76. The van der Waals surface area contributed by atoms with E-state index in [0.29, 0.717) is 0 Å². The third-order valence-corrected chi connectivity index (χ3v) is 3.39. The van der Waals surface area contributed by atoms with Gasteiger partial charge in [-0.25, -0.2) is 0 Å². The molecule has 0 saturated heterocycles. The number of rotatable bonds is 0. The fraction of sp³-hybridized carbons (Fsp3) is 0.333. The maximum Gasteiger partial charge on any atom is 0.0406 e. The summed E-state index contributed by atoms with van der Waals surface area (Å²) in [6, 6.07) is 16.4. The maximum absolute atomic E-state index is 5.76. The molecular weight excluding hydrogens is 252 g/mol. The molecular formula is C18H23Cl. The van der Waals surface area contributed by atoms with Crippen LogP contribution in [0.5, 0.6) is 0 Å². The molecule has 0 amide bonds. The first-order valence-corrected chi connectivity index (χ1v) is 6.97. The lowest BCUT2D eigenvalue weighted by atomic mass is 9.87. The lowest BCUT2D eigenvalue weighted by molar-refractivity contribution is 0.590. The van der Waals surface area contributed by atoms with Crippen LogP contribution < -0.4 is 0 Å². The second-order valence-electron chi connectivity index (χ2n) is 5.84. The first kappa shape index (κ1) is 15.8. The van der Waals surface area contributed by atoms with E-state index in [1.54, 1.807) is 0 Å². The zero-order valence-corrected chi connectivity index (χ0v) is 13.3. The van der Waals surface area contributed by atoms with Crippen LogP contribution in [0.15, 0.2) is 48.5 Å². The average Bonchev–Trinajstić information content (AvgIpc) is 2.33. The Labute approximate surface area is 122 Å². The van der Waals surface area contributed by atoms with Crippen LogP contribution in [-0.4, -0.2) is 0 Å². The van der Waals surface area contributed by atoms with Crippen LogP contribution >= 0.6 is 11.6 Å². The van der Waals surface area contributed by atoms with Crippen molar-refractivity contribution in [3.05, 3.63) is 70.2 Å². The quantitative estimate of drug-likeness (QED) is 0.558. The predicted octanol–water partition coefficient (Wildman–Crippen LogP) is 5.94. The molecule has 1 heteroatoms. The van der Waals surface area contributed by atoms with Crippen LogP contribution in [0.1, 0.15) is 37.5 Å². The normalized spacial score (nSPS) is 10.6. The average molecular weight is 275 g/mol. The van der Waals surface area contributed by atoms with Crippen LogP contribution in [0.25, 0.3) is 0 Å². The van der Waals surface area contributed by atoms with Gasteiger partial charge in [-0.3, -0.25) is 0 Å². The number of halogens is 1. The van der Waals surface area contributed by atoms with E-state index >= 15 is 0 Å². The van der Waals surface area contributed by atoms with Gasteiger partial charge in [0, 0.05) is 5.02 Å². The Balaban J connectivity index is 0.000000200. The van der Waals surface area contributed by atoms with Gasteiger partial charge in [0.05, 0.1) is 0 Å². The van der Waals surface area contributed by atoms with E-state index < -0.39 is 0 Å². The van der Waals surface area contributed by atoms with E-state index in [1.807, 2.05) is 12.1 Å². The fourth-order valence-electron chi connectivity index (χ4n) is 1.61. The lowest BCUT2D eigenvalue weighted by Gasteiger charge is -2.18. The summed E-state index contributed by atoms with van der Waals surface area (Å²) in [6.45, 7) is 10.8. The molecule has 0 saturated carbocycles. The minimum absolute atomic E-state index is 0.227. The molecule has 2 aromatic carbocycles. The third kappa shape index (κ3) is 5.48. The molecule has 19 heavy (non-hydrogen) atoms. The van der Waals surface area contributed by atoms with E-state index in [4.69, 9.17) is 11.6 Å². The lowest BCUT2D eigenvalue weighted by Crippen LogP contribution is -2.10. The highest BCUT2D eigenvalue weighted by atomic mass is 35.5. The van der Waals surface area contributed by atoms with Crippen molar-refractivity contribution in [1.29, 1.82) is 0 Å². The molecule has 102 valence electrons. The molecule has 0 radical (unpaired) electrons. The molecule has 2 rings (SSSR count). The molecule has 0 atom stereocenters. The Morgan fingerprint density at radius 2 is 1.16 bits per heavy atom. The summed E-state index contributed by atoms with van der Waals surface area (Å²) in [5, 5.41) is 0.804. The molecule has 2 aromatic rings. The van der Waals surface area contributed by atoms with Gasteiger partial charge in [-0.2, -0.15) is 0 Å². The first-order chi connectivity index (χ1) is 8.80. The summed E-state index contributed by atoms with van der Waals surface area (Å²) < 4.78 is 0. The van der Waals surface area contributed by atoms with Gasteiger partial charge in [0.1, 0.15) is 0 Å². The zero-order chi connectivity index (χ0) is 14.5. The summed E-state index contributed by atoms with van der Waals surface area (Å²) in [4.78, 5) is 0. The van der Waals surface area contributed by atoms with E-state index in [9.17, 15) is 0 Å². The van der Waals surface area contributed by atoms with Gasteiger partial charge in [-0.15, -0.1) is 0 Å². The van der Waals surface area contributed by atoms with Crippen molar-refractivity contribution in [2.24, 2.45) is 0 Å². The van der Waals surface area contributed by atoms with Gasteiger partial charge >= 0.3 is 0 Å². The molecule has 0 bridgehead atoms. The number of benzene rings is 2. The standard InChI is InChI=1S/C10H13Cl.C8H10/c1-10(2,3)8-4-6-9(11)7-5-8;1-7-5-3-4-6-8(7)2/h4-7H,1-3H3;3-6H,1-2H3. The van der Waals surface area contributed by atoms with Crippen molar-refractivity contribution in [2.45, 2.75) is 40.0 Å². The number of aryl methyl sites for hydroxylation is 2. The Bertz CT molecular complexity index is 483. The van der Waals surface area contributed by atoms with Gasteiger partial charge in [0.2, 0.25) is 0 Å². The summed E-state index contributed by atoms with van der Waals surface area (Å²) in [7, 11) is 0. The molecule has 0 fully saturated rings. The van der Waals surface area contributed by atoms with Gasteiger partial charge in [0.15, 0.2) is 0 Å². The topological polar surface area (TPSA) is 0 Å². The SMILES string of the molecule is CC(C)(C)c1ccc(Cl)cc1.Cc1ccccc1C. The molecule has 0 aromatic heterocycles. The van der Waals surface area contributed by atoms with Crippen LogP contribution in [0.4, 0.5) is 0 Å². The monoisotopic (exact) mass is 274 g/mol. The first-order valence-electron chi connectivity index (χ1n) is 6.59. The Kier molecular flexibility index (Phi) is 5.62. The van der Waals surface area contributed by atoms with Gasteiger partial charge < -0.3 is 0 Å². The minimum atomic E-state index is 0.227. The number of hydrogen-bond donors (Lipinski definition) is 0. The van der Waals surface area contributed by atoms with Crippen LogP contribution in [0.2, 0.25) is 5.02 Å². The Morgan fingerprint density at radius 1 is 0.737 bits per heavy atom. The number of hydrogen-bond acceptors (Lipinski definition) is 0. The Hall–Kier alpha value is -1.27. The van der Waals surface area contributed by atoms with Gasteiger partial charge in [-0.1, -0.05) is 68.8 Å². The van der Waals surface area contributed by atoms with Crippen molar-refractivity contribution < 1.29 is 0 Å². The summed E-state index contributed by atoms with van der Waals surface area (Å²) in [5.74, 6) is 0. The molecule has 0 aliphatic heterocycles. The highest BCUT2D eigenvalue weighted by Crippen LogP contribution is 2.23. The van der Waals surface area contributed by atoms with Gasteiger partial charge in [-0.05, 0) is 48.1 Å². The largest absolute Gasteiger partial charge is 0.0843 e. The smallest absolute Gasteiger partial charge is 0.0406 e. The second kappa shape index (κ2) is 6.77. The van der Waals surface area contributed by atoms with E-state index in [0.717, 1.165) is 5.02 Å². The fourth-order valence-corrected chi connectivity index (χ4v) is 1.74. The zero-order valence-electron chi connectivity index (χ0n) is 12.5. The van der Waals surface area contributed by atoms with Gasteiger partial charge in [0.25, 0.3) is 0 Å². The minimum Gasteiger partial charge on any atom is -0.0843 e. The molecule has 0 aliphatic rings. The maximum atomic E-state index is 5.76. The third-order valence-electron chi connectivity index (χ3n) is 3.14. The van der Waals surface area contributed by atoms with E-state index in [2.05, 4.69) is 71.0 Å². The summed E-state index contributed by atoms with van der Waals surface area (Å²) in [6.07, 6.45) is 0. The molecule has 0 N–H and O–H groups in total. The van der Waals surface area contributed by atoms with Crippen LogP contribution in [-0.2, 0) is 5.41 Å². The highest BCUT2D eigenvalue weighted by Gasteiger charge is 2.12. The van der Waals surface area contributed by atoms with Crippen LogP contribution in [0, 0.1) is 13.8 Å². The molecule has 0 aliphatic carbocycles. The van der Waals surface area contributed by atoms with Crippen molar-refractivity contribution in [3.8, 4) is 0 Å². The Morgan fingerprint density at radius 3 is 1.47 bits per heavy atom. The van der Waals surface area contributed by atoms with Crippen molar-refractivity contribution in [1.82, 2.24) is 0 Å². The van der Waals surface area contributed by atoms with Crippen molar-refractivity contribution in [2.75, 3.05) is 0 Å². The van der Waals surface area contributed by atoms with Crippen molar-refractivity contribution >= 4 is 11.6 Å². The molecule has 0 nitrogen and oxygen atoms in total.